The topological polar surface area (TPSA) is 23.5 Å². The van der Waals surface area contributed by atoms with Gasteiger partial charge in [0.25, 0.3) is 0 Å². The number of hydrogen-bond donors (Lipinski definition) is 1. The Balaban J connectivity index is 2.10. The van der Waals surface area contributed by atoms with Gasteiger partial charge in [0, 0.05) is 23.7 Å². The Morgan fingerprint density at radius 1 is 1.41 bits per heavy atom. The molecule has 0 saturated carbocycles. The van der Waals surface area contributed by atoms with Crippen molar-refractivity contribution >= 4 is 11.6 Å². The van der Waals surface area contributed by atoms with Crippen molar-refractivity contribution in [2.45, 2.75) is 33.2 Å². The van der Waals surface area contributed by atoms with Gasteiger partial charge in [-0.15, -0.1) is 0 Å². The maximum atomic E-state index is 9.84. The molecular formula is C14H20ClNO. The molecule has 1 aromatic carbocycles. The predicted octanol–water partition coefficient (Wildman–Crippen LogP) is 3.67. The second kappa shape index (κ2) is 4.87. The summed E-state index contributed by atoms with van der Waals surface area (Å²) in [5.74, 6) is 0.306. The van der Waals surface area contributed by atoms with Gasteiger partial charge >= 0.3 is 0 Å². The normalized spacial score (nSPS) is 20.4. The monoisotopic (exact) mass is 253 g/mol. The van der Waals surface area contributed by atoms with E-state index in [4.69, 9.17) is 11.6 Å². The van der Waals surface area contributed by atoms with E-state index in [-0.39, 0.29) is 0 Å². The molecular weight excluding hydrogens is 234 g/mol. The van der Waals surface area contributed by atoms with Crippen molar-refractivity contribution < 1.29 is 5.11 Å². The van der Waals surface area contributed by atoms with Crippen LogP contribution in [0.3, 0.4) is 0 Å². The van der Waals surface area contributed by atoms with Gasteiger partial charge in [0.15, 0.2) is 0 Å². The zero-order valence-electron chi connectivity index (χ0n) is 10.5. The van der Waals surface area contributed by atoms with Gasteiger partial charge in [0.05, 0.1) is 0 Å². The van der Waals surface area contributed by atoms with Crippen LogP contribution in [0.2, 0.25) is 5.02 Å². The molecule has 17 heavy (non-hydrogen) atoms. The third kappa shape index (κ3) is 3.14. The van der Waals surface area contributed by atoms with Gasteiger partial charge in [-0.2, -0.15) is 0 Å². The van der Waals surface area contributed by atoms with Gasteiger partial charge in [-0.1, -0.05) is 31.5 Å². The molecule has 1 saturated heterocycles. The third-order valence-corrected chi connectivity index (χ3v) is 3.81. The average Bonchev–Trinajstić information content (AvgIpc) is 2.22. The van der Waals surface area contributed by atoms with Gasteiger partial charge in [0.1, 0.15) is 5.75 Å². The molecule has 0 bridgehead atoms. The minimum Gasteiger partial charge on any atom is -0.508 e. The minimum absolute atomic E-state index is 0.306. The molecule has 3 heteroatoms. The smallest absolute Gasteiger partial charge is 0.121 e. The third-order valence-electron chi connectivity index (χ3n) is 3.46. The van der Waals surface area contributed by atoms with Crippen molar-refractivity contribution in [1.29, 1.82) is 0 Å². The highest BCUT2D eigenvalue weighted by atomic mass is 35.5. The second-order valence-corrected chi connectivity index (χ2v) is 6.12. The van der Waals surface area contributed by atoms with Crippen molar-refractivity contribution in [3.05, 3.63) is 28.8 Å². The molecule has 94 valence electrons. The largest absolute Gasteiger partial charge is 0.508 e. The Kier molecular flexibility index (Phi) is 3.64. The number of phenolic OH excluding ortho intramolecular Hbond substituents is 1. The summed E-state index contributed by atoms with van der Waals surface area (Å²) in [6.07, 6.45) is 2.50. The van der Waals surface area contributed by atoms with Crippen LogP contribution in [-0.2, 0) is 6.54 Å². The summed E-state index contributed by atoms with van der Waals surface area (Å²) in [7, 11) is 0. The number of likely N-dealkylation sites (tertiary alicyclic amines) is 1. The fourth-order valence-electron chi connectivity index (χ4n) is 2.61. The molecule has 0 unspecified atom stereocenters. The van der Waals surface area contributed by atoms with Crippen LogP contribution in [-0.4, -0.2) is 23.1 Å². The molecule has 0 atom stereocenters. The van der Waals surface area contributed by atoms with Crippen molar-refractivity contribution in [3.8, 4) is 5.75 Å². The summed E-state index contributed by atoms with van der Waals surface area (Å²) < 4.78 is 0. The SMILES string of the molecule is CC1(C)CCCN(Cc2c(O)cccc2Cl)C1. The summed E-state index contributed by atoms with van der Waals surface area (Å²) in [6.45, 7) is 7.50. The zero-order valence-corrected chi connectivity index (χ0v) is 11.3. The number of piperidine rings is 1. The first-order valence-electron chi connectivity index (χ1n) is 6.17. The number of halogens is 1. The van der Waals surface area contributed by atoms with Crippen LogP contribution in [0.5, 0.6) is 5.75 Å². The Labute approximate surface area is 108 Å². The van der Waals surface area contributed by atoms with Crippen LogP contribution in [0, 0.1) is 5.41 Å². The number of nitrogens with zero attached hydrogens (tertiary/aromatic N) is 1. The van der Waals surface area contributed by atoms with E-state index in [1.165, 1.54) is 12.8 Å². The lowest BCUT2D eigenvalue weighted by atomic mass is 9.84. The summed E-state index contributed by atoms with van der Waals surface area (Å²) in [5, 5.41) is 10.5. The van der Waals surface area contributed by atoms with Gasteiger partial charge in [0.2, 0.25) is 0 Å². The number of hydrogen-bond acceptors (Lipinski definition) is 2. The molecule has 1 fully saturated rings. The van der Waals surface area contributed by atoms with Crippen molar-refractivity contribution in [3.63, 3.8) is 0 Å². The van der Waals surface area contributed by atoms with E-state index >= 15 is 0 Å². The van der Waals surface area contributed by atoms with Gasteiger partial charge in [-0.3, -0.25) is 4.90 Å². The maximum Gasteiger partial charge on any atom is 0.121 e. The first kappa shape index (κ1) is 12.7. The molecule has 0 aliphatic carbocycles. The number of aromatic hydroxyl groups is 1. The van der Waals surface area contributed by atoms with E-state index in [1.54, 1.807) is 12.1 Å². The second-order valence-electron chi connectivity index (χ2n) is 5.72. The Morgan fingerprint density at radius 2 is 2.18 bits per heavy atom. The van der Waals surface area contributed by atoms with Crippen LogP contribution in [0.25, 0.3) is 0 Å². The van der Waals surface area contributed by atoms with E-state index in [1.807, 2.05) is 6.07 Å². The number of phenols is 1. The molecule has 1 N–H and O–H groups in total. The first-order valence-corrected chi connectivity index (χ1v) is 6.54. The van der Waals surface area contributed by atoms with Crippen molar-refractivity contribution in [1.82, 2.24) is 4.90 Å². The van der Waals surface area contributed by atoms with E-state index in [2.05, 4.69) is 18.7 Å². The molecule has 0 spiro atoms. The van der Waals surface area contributed by atoms with Crippen LogP contribution < -0.4 is 0 Å². The van der Waals surface area contributed by atoms with Crippen LogP contribution in [0.1, 0.15) is 32.3 Å². The molecule has 0 radical (unpaired) electrons. The molecule has 1 aliphatic rings. The van der Waals surface area contributed by atoms with Gasteiger partial charge in [-0.25, -0.2) is 0 Å². The van der Waals surface area contributed by atoms with E-state index < -0.39 is 0 Å². The predicted molar refractivity (Wildman–Crippen MR) is 71.4 cm³/mol. The average molecular weight is 254 g/mol. The Morgan fingerprint density at radius 3 is 2.82 bits per heavy atom. The Bertz CT molecular complexity index is 383. The summed E-state index contributed by atoms with van der Waals surface area (Å²) in [6, 6.07) is 5.32. The fraction of sp³-hybridized carbons (Fsp3) is 0.571. The lowest BCUT2D eigenvalue weighted by Gasteiger charge is -2.38. The molecule has 1 heterocycles. The number of benzene rings is 1. The highest BCUT2D eigenvalue weighted by molar-refractivity contribution is 6.31. The maximum absolute atomic E-state index is 9.84. The summed E-state index contributed by atoms with van der Waals surface area (Å²) in [5.41, 5.74) is 1.22. The standard InChI is InChI=1S/C14H20ClNO/c1-14(2)7-4-8-16(10-14)9-11-12(15)5-3-6-13(11)17/h3,5-6,17H,4,7-10H2,1-2H3. The van der Waals surface area contributed by atoms with E-state index in [9.17, 15) is 5.11 Å². The lowest BCUT2D eigenvalue weighted by molar-refractivity contribution is 0.111. The first-order chi connectivity index (χ1) is 7.98. The number of rotatable bonds is 2. The van der Waals surface area contributed by atoms with Crippen molar-refractivity contribution in [2.24, 2.45) is 5.41 Å². The fourth-order valence-corrected chi connectivity index (χ4v) is 2.84. The molecule has 2 rings (SSSR count). The molecule has 0 amide bonds. The molecule has 0 aromatic heterocycles. The van der Waals surface area contributed by atoms with Crippen LogP contribution in [0.15, 0.2) is 18.2 Å². The molecule has 1 aliphatic heterocycles. The molecule has 2 nitrogen and oxygen atoms in total. The van der Waals surface area contributed by atoms with E-state index in [0.29, 0.717) is 16.2 Å². The van der Waals surface area contributed by atoms with Crippen molar-refractivity contribution in [2.75, 3.05) is 13.1 Å². The highest BCUT2D eigenvalue weighted by Crippen LogP contribution is 2.32. The van der Waals surface area contributed by atoms with Crippen LogP contribution in [0.4, 0.5) is 0 Å². The van der Waals surface area contributed by atoms with Crippen LogP contribution >= 0.6 is 11.6 Å². The molecule has 1 aromatic rings. The summed E-state index contributed by atoms with van der Waals surface area (Å²) >= 11 is 6.13. The highest BCUT2D eigenvalue weighted by Gasteiger charge is 2.26. The Hall–Kier alpha value is -0.730. The lowest BCUT2D eigenvalue weighted by Crippen LogP contribution is -2.39. The zero-order chi connectivity index (χ0) is 12.5. The van der Waals surface area contributed by atoms with Gasteiger partial charge in [-0.05, 0) is 36.9 Å². The van der Waals surface area contributed by atoms with E-state index in [0.717, 1.165) is 25.2 Å². The van der Waals surface area contributed by atoms with Gasteiger partial charge < -0.3 is 5.11 Å². The summed E-state index contributed by atoms with van der Waals surface area (Å²) in [4.78, 5) is 2.38. The quantitative estimate of drug-likeness (QED) is 0.869. The minimum atomic E-state index is 0.306.